The van der Waals surface area contributed by atoms with Crippen molar-refractivity contribution in [3.63, 3.8) is 0 Å². The van der Waals surface area contributed by atoms with Crippen LogP contribution in [0.3, 0.4) is 0 Å². The van der Waals surface area contributed by atoms with E-state index in [1.807, 2.05) is 68.4 Å². The number of hydrogen-bond acceptors (Lipinski definition) is 8. The Balaban J connectivity index is 1.90. The van der Waals surface area contributed by atoms with Crippen molar-refractivity contribution in [2.45, 2.75) is 43.8 Å². The van der Waals surface area contributed by atoms with E-state index in [-0.39, 0.29) is 47.0 Å². The van der Waals surface area contributed by atoms with Crippen molar-refractivity contribution in [2.75, 3.05) is 39.3 Å². The van der Waals surface area contributed by atoms with Crippen LogP contribution in [0.1, 0.15) is 25.0 Å². The third-order valence-corrected chi connectivity index (χ3v) is 10.1. The van der Waals surface area contributed by atoms with Crippen molar-refractivity contribution in [3.05, 3.63) is 107 Å². The van der Waals surface area contributed by atoms with Gasteiger partial charge in [0.25, 0.3) is 10.0 Å². The molecule has 0 aliphatic carbocycles. The Bertz CT molecular complexity index is 1870. The molecule has 2 amide bonds. The van der Waals surface area contributed by atoms with Gasteiger partial charge < -0.3 is 29.2 Å². The SMILES string of the molecule is COc1ccc(OC)c(N(CC(=O)N(Cc2ccc(Br)cc2)[C@@H](Cc2ccccc2)C(=O)NC(C)C)S(=O)(=O)c2ccc(OC)c(OC)c2)c1. The molecule has 11 nitrogen and oxygen atoms in total. The summed E-state index contributed by atoms with van der Waals surface area (Å²) in [6.07, 6.45) is 0.187. The molecule has 50 heavy (non-hydrogen) atoms. The second-order valence-corrected chi connectivity index (χ2v) is 14.4. The summed E-state index contributed by atoms with van der Waals surface area (Å²) in [5, 5.41) is 2.96. The summed E-state index contributed by atoms with van der Waals surface area (Å²) in [6, 6.07) is 24.3. The average molecular weight is 769 g/mol. The quantitative estimate of drug-likeness (QED) is 0.151. The van der Waals surface area contributed by atoms with Gasteiger partial charge in [0.15, 0.2) is 11.5 Å². The number of anilines is 1. The summed E-state index contributed by atoms with van der Waals surface area (Å²) >= 11 is 3.45. The van der Waals surface area contributed by atoms with Crippen molar-refractivity contribution in [1.82, 2.24) is 10.2 Å². The number of hydrogen-bond donors (Lipinski definition) is 1. The Morgan fingerprint density at radius 3 is 2.00 bits per heavy atom. The molecule has 4 aromatic rings. The summed E-state index contributed by atoms with van der Waals surface area (Å²) < 4.78 is 52.9. The third-order valence-electron chi connectivity index (χ3n) is 7.84. The van der Waals surface area contributed by atoms with Gasteiger partial charge in [0.05, 0.1) is 39.0 Å². The molecule has 0 saturated heterocycles. The van der Waals surface area contributed by atoms with E-state index in [4.69, 9.17) is 18.9 Å². The molecular weight excluding hydrogens is 726 g/mol. The van der Waals surface area contributed by atoms with Gasteiger partial charge in [0.1, 0.15) is 24.1 Å². The van der Waals surface area contributed by atoms with Crippen LogP contribution in [0.15, 0.2) is 100 Å². The van der Waals surface area contributed by atoms with Crippen LogP contribution in [-0.4, -0.2) is 72.2 Å². The zero-order valence-electron chi connectivity index (χ0n) is 28.9. The van der Waals surface area contributed by atoms with E-state index >= 15 is 0 Å². The second kappa shape index (κ2) is 17.3. The number of rotatable bonds is 16. The molecule has 0 aromatic heterocycles. The first-order valence-corrected chi connectivity index (χ1v) is 18.0. The van der Waals surface area contributed by atoms with Gasteiger partial charge in [-0.05, 0) is 61.4 Å². The van der Waals surface area contributed by atoms with Crippen LogP contribution in [0.4, 0.5) is 5.69 Å². The number of halogens is 1. The van der Waals surface area contributed by atoms with E-state index in [1.165, 1.54) is 57.6 Å². The number of nitrogens with one attached hydrogen (secondary N) is 1. The average Bonchev–Trinajstić information content (AvgIpc) is 3.12. The van der Waals surface area contributed by atoms with Crippen molar-refractivity contribution < 1.29 is 37.0 Å². The Morgan fingerprint density at radius 2 is 1.40 bits per heavy atom. The van der Waals surface area contributed by atoms with E-state index in [0.717, 1.165) is 19.9 Å². The number of carbonyl (C=O) groups is 2. The maximum atomic E-state index is 14.8. The zero-order valence-corrected chi connectivity index (χ0v) is 31.3. The van der Waals surface area contributed by atoms with Crippen LogP contribution < -0.4 is 28.6 Å². The molecule has 4 rings (SSSR count). The second-order valence-electron chi connectivity index (χ2n) is 11.6. The van der Waals surface area contributed by atoms with E-state index in [2.05, 4.69) is 21.2 Å². The summed E-state index contributed by atoms with van der Waals surface area (Å²) in [6.45, 7) is 3.02. The van der Waals surface area contributed by atoms with Crippen LogP contribution >= 0.6 is 15.9 Å². The lowest BCUT2D eigenvalue weighted by Crippen LogP contribution is -2.54. The Hall–Kier alpha value is -4.75. The molecule has 0 spiro atoms. The first kappa shape index (κ1) is 38.1. The molecule has 0 bridgehead atoms. The molecule has 0 unspecified atom stereocenters. The molecule has 0 aliphatic rings. The number of amides is 2. The fraction of sp³-hybridized carbons (Fsp3) is 0.297. The Morgan fingerprint density at radius 1 is 0.760 bits per heavy atom. The predicted molar refractivity (Wildman–Crippen MR) is 196 cm³/mol. The maximum absolute atomic E-state index is 14.8. The molecule has 0 radical (unpaired) electrons. The lowest BCUT2D eigenvalue weighted by molar-refractivity contribution is -0.140. The molecule has 0 saturated carbocycles. The molecule has 0 fully saturated rings. The van der Waals surface area contributed by atoms with Gasteiger partial charge in [0, 0.05) is 35.6 Å². The standard InChI is InChI=1S/C37H42BrN3O8S/c1-25(2)39-37(43)32(20-26-10-8-7-9-11-26)40(23-27-12-14-28(38)15-13-27)36(42)24-41(31-21-29(46-3)16-18-33(31)47-4)50(44,45)30-17-19-34(48-5)35(22-30)49-6/h7-19,21-22,25,32H,20,23-24H2,1-6H3,(H,39,43)/t32-/m0/s1. The normalized spacial score (nSPS) is 11.8. The lowest BCUT2D eigenvalue weighted by Gasteiger charge is -2.34. The minimum atomic E-state index is -4.49. The minimum Gasteiger partial charge on any atom is -0.497 e. The molecule has 4 aromatic carbocycles. The predicted octanol–water partition coefficient (Wildman–Crippen LogP) is 5.84. The van der Waals surface area contributed by atoms with Crippen LogP contribution in [0, 0.1) is 0 Å². The topological polar surface area (TPSA) is 124 Å². The van der Waals surface area contributed by atoms with Gasteiger partial charge in [-0.25, -0.2) is 8.42 Å². The van der Waals surface area contributed by atoms with Gasteiger partial charge in [-0.15, -0.1) is 0 Å². The molecular formula is C37H42BrN3O8S. The Labute approximate surface area is 302 Å². The van der Waals surface area contributed by atoms with Crippen molar-refractivity contribution in [1.29, 1.82) is 0 Å². The number of sulfonamides is 1. The summed E-state index contributed by atoms with van der Waals surface area (Å²) in [5.41, 5.74) is 1.63. The number of benzene rings is 4. The molecule has 1 atom stereocenters. The third kappa shape index (κ3) is 9.27. The van der Waals surface area contributed by atoms with Gasteiger partial charge in [0.2, 0.25) is 11.8 Å². The Kier molecular flexibility index (Phi) is 13.1. The smallest absolute Gasteiger partial charge is 0.265 e. The van der Waals surface area contributed by atoms with E-state index < -0.39 is 28.5 Å². The van der Waals surface area contributed by atoms with Crippen molar-refractivity contribution in [3.8, 4) is 23.0 Å². The van der Waals surface area contributed by atoms with Crippen molar-refractivity contribution in [2.24, 2.45) is 0 Å². The number of carbonyl (C=O) groups excluding carboxylic acids is 2. The van der Waals surface area contributed by atoms with E-state index in [0.29, 0.717) is 11.5 Å². The van der Waals surface area contributed by atoms with Crippen LogP contribution in [0.25, 0.3) is 0 Å². The number of nitrogens with zero attached hydrogens (tertiary/aromatic N) is 2. The fourth-order valence-corrected chi connectivity index (χ4v) is 7.03. The summed E-state index contributed by atoms with van der Waals surface area (Å²) in [4.78, 5) is 30.0. The molecule has 0 aliphatic heterocycles. The molecule has 266 valence electrons. The van der Waals surface area contributed by atoms with Crippen LogP contribution in [0.2, 0.25) is 0 Å². The highest BCUT2D eigenvalue weighted by molar-refractivity contribution is 9.10. The highest BCUT2D eigenvalue weighted by Gasteiger charge is 2.36. The zero-order chi connectivity index (χ0) is 36.4. The van der Waals surface area contributed by atoms with Crippen LogP contribution in [0.5, 0.6) is 23.0 Å². The largest absolute Gasteiger partial charge is 0.497 e. The van der Waals surface area contributed by atoms with Crippen LogP contribution in [-0.2, 0) is 32.6 Å². The highest BCUT2D eigenvalue weighted by atomic mass is 79.9. The monoisotopic (exact) mass is 767 g/mol. The van der Waals surface area contributed by atoms with Gasteiger partial charge >= 0.3 is 0 Å². The first-order valence-electron chi connectivity index (χ1n) is 15.8. The van der Waals surface area contributed by atoms with E-state index in [9.17, 15) is 18.0 Å². The summed E-state index contributed by atoms with van der Waals surface area (Å²) in [5.74, 6) is 0.0340. The van der Waals surface area contributed by atoms with Gasteiger partial charge in [-0.3, -0.25) is 13.9 Å². The number of ether oxygens (including phenoxy) is 4. The summed E-state index contributed by atoms with van der Waals surface area (Å²) in [7, 11) is 1.20. The van der Waals surface area contributed by atoms with Crippen molar-refractivity contribution >= 4 is 43.5 Å². The molecule has 13 heteroatoms. The molecule has 1 N–H and O–H groups in total. The lowest BCUT2D eigenvalue weighted by atomic mass is 10.0. The fourth-order valence-electron chi connectivity index (χ4n) is 5.33. The van der Waals surface area contributed by atoms with Gasteiger partial charge in [-0.2, -0.15) is 0 Å². The van der Waals surface area contributed by atoms with E-state index in [1.54, 1.807) is 12.1 Å². The molecule has 0 heterocycles. The minimum absolute atomic E-state index is 0.0224. The first-order chi connectivity index (χ1) is 23.9. The highest BCUT2D eigenvalue weighted by Crippen LogP contribution is 2.38. The van der Waals surface area contributed by atoms with Gasteiger partial charge in [-0.1, -0.05) is 58.4 Å². The number of methoxy groups -OCH3 is 4. The maximum Gasteiger partial charge on any atom is 0.265 e.